The topological polar surface area (TPSA) is 93.1 Å². The Balaban J connectivity index is 1.33. The number of aromatic nitrogens is 3. The van der Waals surface area contributed by atoms with E-state index in [-0.39, 0.29) is 70.0 Å². The van der Waals surface area contributed by atoms with Crippen LogP contribution in [0.2, 0.25) is 0 Å². The molecule has 0 spiro atoms. The van der Waals surface area contributed by atoms with Gasteiger partial charge in [0, 0.05) is 30.5 Å². The van der Waals surface area contributed by atoms with Crippen LogP contribution in [0.1, 0.15) is 24.8 Å². The molecular formula is C32H28F3N5O4. The number of terminal acetylenes is 1. The molecule has 12 heteroatoms. The zero-order chi connectivity index (χ0) is 30.2. The summed E-state index contributed by atoms with van der Waals surface area (Å²) in [5, 5.41) is 11.5. The first-order valence-electron chi connectivity index (χ1n) is 14.7. The molecule has 3 atom stereocenters. The number of hydrogen-bond donors (Lipinski definition) is 1. The smallest absolute Gasteiger partial charge is 0.319 e. The van der Waals surface area contributed by atoms with Crippen LogP contribution in [0, 0.1) is 24.0 Å². The first-order chi connectivity index (χ1) is 21.3. The Morgan fingerprint density at radius 2 is 2.02 bits per heavy atom. The van der Waals surface area contributed by atoms with Gasteiger partial charge in [-0.15, -0.1) is 6.42 Å². The summed E-state index contributed by atoms with van der Waals surface area (Å²) in [5.41, 5.74) is -0.795. The minimum absolute atomic E-state index is 0.0544. The quantitative estimate of drug-likeness (QED) is 0.342. The minimum atomic E-state index is -0.934. The van der Waals surface area contributed by atoms with Gasteiger partial charge in [-0.25, -0.2) is 18.2 Å². The average molecular weight is 604 g/mol. The fourth-order valence-corrected chi connectivity index (χ4v) is 7.31. The third-order valence-corrected chi connectivity index (χ3v) is 9.31. The molecule has 4 aliphatic rings. The Hall–Kier alpha value is -4.34. The molecule has 2 aromatic carbocycles. The molecule has 4 aliphatic heterocycles. The number of phenolic OH excluding ortho intramolecular Hbond substituents is 1. The summed E-state index contributed by atoms with van der Waals surface area (Å²) in [6.45, 7) is 2.79. The molecule has 0 aliphatic carbocycles. The van der Waals surface area contributed by atoms with Crippen molar-refractivity contribution in [1.29, 1.82) is 0 Å². The summed E-state index contributed by atoms with van der Waals surface area (Å²) < 4.78 is 64.1. The Kier molecular flexibility index (Phi) is 6.25. The maximum atomic E-state index is 16.8. The van der Waals surface area contributed by atoms with Crippen LogP contribution in [-0.4, -0.2) is 88.8 Å². The van der Waals surface area contributed by atoms with Gasteiger partial charge in [-0.2, -0.15) is 9.97 Å². The van der Waals surface area contributed by atoms with E-state index in [1.165, 1.54) is 24.3 Å². The number of benzene rings is 2. The Morgan fingerprint density at radius 3 is 2.89 bits per heavy atom. The molecule has 3 saturated heterocycles. The number of anilines is 1. The first-order valence-corrected chi connectivity index (χ1v) is 14.7. The number of phenols is 1. The zero-order valence-electron chi connectivity index (χ0n) is 23.7. The third-order valence-electron chi connectivity index (χ3n) is 9.31. The number of fused-ring (bicyclic) bond motifs is 4. The Bertz CT molecular complexity index is 1880. The molecule has 3 fully saturated rings. The second kappa shape index (κ2) is 10.1. The van der Waals surface area contributed by atoms with E-state index in [9.17, 15) is 13.9 Å². The second-order valence-electron chi connectivity index (χ2n) is 11.9. The number of alkyl halides is 1. The number of nitrogens with zero attached hydrogens (tertiary/aromatic N) is 5. The predicted octanol–water partition coefficient (Wildman–Crippen LogP) is 4.36. The summed E-state index contributed by atoms with van der Waals surface area (Å²) >= 11 is 0. The fourth-order valence-electron chi connectivity index (χ4n) is 7.31. The lowest BCUT2D eigenvalue weighted by Gasteiger charge is -2.35. The molecule has 1 unspecified atom stereocenters. The Labute approximate surface area is 250 Å². The highest BCUT2D eigenvalue weighted by atomic mass is 19.1. The lowest BCUT2D eigenvalue weighted by atomic mass is 9.95. The molecule has 6 heterocycles. The third kappa shape index (κ3) is 4.13. The van der Waals surface area contributed by atoms with E-state index < -0.39 is 23.3 Å². The van der Waals surface area contributed by atoms with Crippen LogP contribution >= 0.6 is 0 Å². The minimum Gasteiger partial charge on any atom is -0.508 e. The van der Waals surface area contributed by atoms with E-state index in [1.54, 1.807) is 0 Å². The van der Waals surface area contributed by atoms with Crippen molar-refractivity contribution in [3.8, 4) is 41.2 Å². The molecule has 0 bridgehead atoms. The van der Waals surface area contributed by atoms with Crippen LogP contribution in [0.15, 0.2) is 24.3 Å². The van der Waals surface area contributed by atoms with Crippen LogP contribution in [0.3, 0.4) is 0 Å². The molecule has 226 valence electrons. The average Bonchev–Trinajstić information content (AvgIpc) is 3.49. The summed E-state index contributed by atoms with van der Waals surface area (Å²) in [7, 11) is 0. The highest BCUT2D eigenvalue weighted by Crippen LogP contribution is 2.44. The highest BCUT2D eigenvalue weighted by Gasteiger charge is 2.49. The number of halogens is 3. The molecule has 4 aromatic rings. The number of morpholine rings is 1. The van der Waals surface area contributed by atoms with Crippen LogP contribution in [0.4, 0.5) is 19.0 Å². The van der Waals surface area contributed by atoms with E-state index in [0.29, 0.717) is 43.9 Å². The monoisotopic (exact) mass is 603 g/mol. The van der Waals surface area contributed by atoms with Crippen molar-refractivity contribution in [1.82, 2.24) is 19.9 Å². The van der Waals surface area contributed by atoms with Gasteiger partial charge in [-0.3, -0.25) is 4.90 Å². The zero-order valence-corrected chi connectivity index (χ0v) is 23.7. The van der Waals surface area contributed by atoms with E-state index >= 15 is 4.39 Å². The lowest BCUT2D eigenvalue weighted by molar-refractivity contribution is 0.0774. The Morgan fingerprint density at radius 1 is 1.14 bits per heavy atom. The van der Waals surface area contributed by atoms with Crippen LogP contribution in [0.5, 0.6) is 17.6 Å². The van der Waals surface area contributed by atoms with Crippen LogP contribution in [-0.2, 0) is 4.74 Å². The number of pyridine rings is 1. The van der Waals surface area contributed by atoms with Gasteiger partial charge >= 0.3 is 6.01 Å². The first kappa shape index (κ1) is 27.2. The van der Waals surface area contributed by atoms with E-state index in [2.05, 4.69) is 20.8 Å². The molecule has 2 aromatic heterocycles. The summed E-state index contributed by atoms with van der Waals surface area (Å²) in [4.78, 5) is 17.9. The van der Waals surface area contributed by atoms with Crippen molar-refractivity contribution in [2.45, 2.75) is 37.0 Å². The van der Waals surface area contributed by atoms with Crippen LogP contribution < -0.4 is 14.4 Å². The van der Waals surface area contributed by atoms with E-state index in [1.807, 2.05) is 4.90 Å². The maximum Gasteiger partial charge on any atom is 0.319 e. The van der Waals surface area contributed by atoms with Gasteiger partial charge in [0.05, 0.1) is 30.4 Å². The van der Waals surface area contributed by atoms with Crippen LogP contribution in [0.25, 0.3) is 32.9 Å². The van der Waals surface area contributed by atoms with Gasteiger partial charge in [0.2, 0.25) is 5.88 Å². The summed E-state index contributed by atoms with van der Waals surface area (Å²) in [6.07, 6.45) is 6.84. The van der Waals surface area contributed by atoms with E-state index in [0.717, 1.165) is 19.4 Å². The standard InChI is InChI=1S/C32H28F3N5O4/c1-2-21-23(34)5-4-17-10-20(41)11-22(24(17)21)27-26(35)28-25-29(40-8-9-42-14-19(40)15-43-30(25)36-27)38-31(37-28)44-16-32-6-3-7-39(32)13-18(33)12-32/h1,4-5,10-11,18-19,41H,3,6-9,12-16H2/t18-,19?,32+/m1/s1. The molecule has 0 saturated carbocycles. The largest absolute Gasteiger partial charge is 0.508 e. The molecule has 44 heavy (non-hydrogen) atoms. The number of aromatic hydroxyl groups is 1. The van der Waals surface area contributed by atoms with Gasteiger partial charge in [0.15, 0.2) is 5.82 Å². The highest BCUT2D eigenvalue weighted by molar-refractivity contribution is 6.04. The normalized spacial score (nSPS) is 24.5. The van der Waals surface area contributed by atoms with Crippen molar-refractivity contribution in [3.63, 3.8) is 0 Å². The molecule has 8 rings (SSSR count). The van der Waals surface area contributed by atoms with Crippen molar-refractivity contribution in [3.05, 3.63) is 41.5 Å². The number of rotatable bonds is 4. The molecule has 9 nitrogen and oxygen atoms in total. The van der Waals surface area contributed by atoms with Gasteiger partial charge in [0.1, 0.15) is 53.4 Å². The molecular weight excluding hydrogens is 575 g/mol. The second-order valence-corrected chi connectivity index (χ2v) is 11.9. The summed E-state index contributed by atoms with van der Waals surface area (Å²) in [6, 6.07) is 5.09. The van der Waals surface area contributed by atoms with Gasteiger partial charge in [-0.1, -0.05) is 12.0 Å². The van der Waals surface area contributed by atoms with Crippen molar-refractivity contribution in [2.24, 2.45) is 0 Å². The van der Waals surface area contributed by atoms with Gasteiger partial charge < -0.3 is 24.2 Å². The van der Waals surface area contributed by atoms with E-state index in [4.69, 9.17) is 25.6 Å². The lowest BCUT2D eigenvalue weighted by Crippen LogP contribution is -2.48. The van der Waals surface area contributed by atoms with Gasteiger partial charge in [0.25, 0.3) is 0 Å². The number of ether oxygens (including phenoxy) is 3. The molecule has 0 amide bonds. The number of hydrogen-bond acceptors (Lipinski definition) is 9. The summed E-state index contributed by atoms with van der Waals surface area (Å²) in [5.74, 6) is 1.16. The van der Waals surface area contributed by atoms with Crippen molar-refractivity contribution in [2.75, 3.05) is 51.0 Å². The molecule has 0 radical (unpaired) electrons. The maximum absolute atomic E-state index is 16.8. The van der Waals surface area contributed by atoms with Crippen molar-refractivity contribution >= 4 is 27.5 Å². The van der Waals surface area contributed by atoms with Crippen molar-refractivity contribution < 1.29 is 32.5 Å². The predicted molar refractivity (Wildman–Crippen MR) is 156 cm³/mol. The fraction of sp³-hybridized carbons (Fsp3) is 0.406. The van der Waals surface area contributed by atoms with Gasteiger partial charge in [-0.05, 0) is 43.0 Å². The molecule has 1 N–H and O–H groups in total. The SMILES string of the molecule is C#Cc1c(F)ccc2cc(O)cc(-c3nc4c5c(nc(OC[C@@]67CCCN6C[C@H](F)C7)nc5c3F)N3CCOCC3CO4)c12.